The van der Waals surface area contributed by atoms with E-state index in [4.69, 9.17) is 4.42 Å². The first-order chi connectivity index (χ1) is 67.1. The van der Waals surface area contributed by atoms with Gasteiger partial charge in [-0.15, -0.1) is 0 Å². The lowest BCUT2D eigenvalue weighted by atomic mass is 9.86. The van der Waals surface area contributed by atoms with Gasteiger partial charge >= 0.3 is 0 Å². The van der Waals surface area contributed by atoms with Crippen molar-refractivity contribution in [1.29, 1.82) is 0 Å². The molecule has 8 aromatic heterocycles. The largest absolute Gasteiger partial charge is 0.455 e. The Hall–Kier alpha value is -16.4. The lowest BCUT2D eigenvalue weighted by molar-refractivity contribution is 0.590. The minimum absolute atomic E-state index is 0.0805. The van der Waals surface area contributed by atoms with E-state index in [1.165, 1.54) is 220 Å². The number of fused-ring (bicyclic) bond motifs is 28. The van der Waals surface area contributed by atoms with Crippen LogP contribution in [-0.4, -0.2) is 32.0 Å². The minimum Gasteiger partial charge on any atom is -0.455 e. The van der Waals surface area contributed by atoms with Crippen LogP contribution in [0.25, 0.3) is 214 Å². The van der Waals surface area contributed by atoms with E-state index in [1.807, 2.05) is 6.07 Å². The Labute approximate surface area is 802 Å². The first-order valence-electron chi connectivity index (χ1n) is 48.4. The van der Waals surface area contributed by atoms with Crippen molar-refractivity contribution in [3.63, 3.8) is 0 Å². The molecule has 0 aliphatic carbocycles. The average molecular weight is 1780 g/mol. The molecule has 0 saturated heterocycles. The van der Waals surface area contributed by atoms with Crippen LogP contribution >= 0.6 is 0 Å². The second kappa shape index (κ2) is 32.7. The lowest BCUT2D eigenvalue weighted by Crippen LogP contribution is -2.10. The molecule has 8 nitrogen and oxygen atoms in total. The van der Waals surface area contributed by atoms with Gasteiger partial charge in [0.15, 0.2) is 0 Å². The maximum absolute atomic E-state index is 6.44. The number of para-hydroxylation sites is 11. The molecule has 8 heteroatoms. The zero-order valence-electron chi connectivity index (χ0n) is 80.0. The molecule has 27 rings (SSSR count). The van der Waals surface area contributed by atoms with E-state index in [0.29, 0.717) is 0 Å². The van der Waals surface area contributed by atoms with E-state index in [9.17, 15) is 0 Å². The summed E-state index contributed by atoms with van der Waals surface area (Å²) in [6, 6.07) is 156. The number of furan rings is 1. The van der Waals surface area contributed by atoms with Gasteiger partial charge in [-0.05, 0) is 220 Å². The molecule has 0 radical (unpaired) electrons. The van der Waals surface area contributed by atoms with Gasteiger partial charge in [0.05, 0.1) is 82.6 Å². The van der Waals surface area contributed by atoms with Gasteiger partial charge in [-0.1, -0.05) is 338 Å². The van der Waals surface area contributed by atoms with Crippen molar-refractivity contribution in [2.45, 2.75) is 105 Å². The maximum atomic E-state index is 6.44. The van der Waals surface area contributed by atoms with Crippen LogP contribution in [0, 0.1) is 0 Å². The molecule has 0 aliphatic heterocycles. The van der Waals surface area contributed by atoms with Crippen LogP contribution in [0.1, 0.15) is 105 Å². The van der Waals surface area contributed by atoms with Crippen LogP contribution in [0.15, 0.2) is 435 Å². The Morgan fingerprint density at radius 3 is 0.732 bits per heavy atom. The Bertz CT molecular complexity index is 9430. The summed E-state index contributed by atoms with van der Waals surface area (Å²) in [7, 11) is 0. The Morgan fingerprint density at radius 2 is 0.384 bits per heavy atom. The van der Waals surface area contributed by atoms with Gasteiger partial charge in [0.2, 0.25) is 0 Å². The summed E-state index contributed by atoms with van der Waals surface area (Å²) in [5.41, 5.74) is 33.2. The van der Waals surface area contributed by atoms with Crippen LogP contribution in [0.5, 0.6) is 0 Å². The number of benzene rings is 19. The highest BCUT2D eigenvalue weighted by Gasteiger charge is 2.29. The summed E-state index contributed by atoms with van der Waals surface area (Å²) in [6.07, 6.45) is 0. The van der Waals surface area contributed by atoms with Gasteiger partial charge in [0, 0.05) is 121 Å². The van der Waals surface area contributed by atoms with Crippen molar-refractivity contribution in [1.82, 2.24) is 32.0 Å². The summed E-state index contributed by atoms with van der Waals surface area (Å²) in [5, 5.41) is 20.2. The van der Waals surface area contributed by atoms with Gasteiger partial charge in [0.25, 0.3) is 0 Å². The zero-order valence-corrected chi connectivity index (χ0v) is 80.0. The molecular formula is C130H107N7O. The lowest BCUT2D eigenvalue weighted by Gasteiger charge is -2.19. The van der Waals surface area contributed by atoms with Gasteiger partial charge in [-0.3, -0.25) is 0 Å². The van der Waals surface area contributed by atoms with E-state index in [-0.39, 0.29) is 21.7 Å². The Morgan fingerprint density at radius 1 is 0.152 bits per heavy atom. The minimum atomic E-state index is 0.0805. The maximum Gasteiger partial charge on any atom is 0.145 e. The normalized spacial score (nSPS) is 12.3. The van der Waals surface area contributed by atoms with E-state index < -0.39 is 0 Å². The molecule has 0 unspecified atom stereocenters. The predicted molar refractivity (Wildman–Crippen MR) is 588 cm³/mol. The summed E-state index contributed by atoms with van der Waals surface area (Å²) in [6.45, 7) is 27.3. The highest BCUT2D eigenvalue weighted by Crippen LogP contribution is 2.49. The van der Waals surface area contributed by atoms with Crippen molar-refractivity contribution in [3.8, 4) is 39.8 Å². The van der Waals surface area contributed by atoms with Gasteiger partial charge in [-0.25, -0.2) is 0 Å². The standard InChI is InChI=1S/3C34H28N2.C28H23NO/c1-34(2,3)23-18-20-30-28(22-23)26-19-21-31-32(33(26)36(30)25-14-8-5-9-15-25)27-16-10-11-17-29(27)35(31)24-12-6-4-7-13-24;1-34(2,3)23-17-19-25(20-18-23)35-30-16-10-8-14-28(30)32-31(35)22-21-27-26-13-7-9-15-29(26)36(33(27)32)24-11-5-4-6-12-24;1-34(2,3)23-17-19-25(20-18-23)36-29-15-9-7-13-26(29)27-21-22-31-32(33(27)36)28-14-8-10-16-30(28)35(31)24-11-5-4-6-12-24;1-28(2,3)18-13-15-23-22(17-18)26-24(29(23)19-9-5-4-6-10-19)16-14-21-20-11-7-8-12-25(20)30-27(21)26/h3*4-22H,1-3H3;4-17H,1-3H3. The van der Waals surface area contributed by atoms with Crippen molar-refractivity contribution in [2.24, 2.45) is 0 Å². The molecule has 0 N–H and O–H groups in total. The third-order valence-corrected chi connectivity index (χ3v) is 28.6. The SMILES string of the molecule is CC(C)(C)c1ccc(-n2c3ccccc3c3c2ccc2c4ccccc4n(-c4ccccc4)c23)cc1.CC(C)(C)c1ccc(-n2c3ccccc3c3ccc4c(c5ccccc5n4-c4ccccc4)c32)cc1.CC(C)(C)c1ccc2c(c1)c1c3oc4ccccc4c3ccc1n2-c1ccccc1.CC(C)(C)c1ccc2c(c1)c1ccc3c(c4ccccc4n3-c3ccccc3)c1n2-c1ccccc1. The molecule has 27 aromatic rings. The monoisotopic (exact) mass is 1780 g/mol. The first kappa shape index (κ1) is 84.6. The third-order valence-electron chi connectivity index (χ3n) is 28.6. The van der Waals surface area contributed by atoms with Crippen LogP contribution in [-0.2, 0) is 21.7 Å². The molecule has 0 atom stereocenters. The number of hydrogen-bond acceptors (Lipinski definition) is 1. The fraction of sp³-hybridized carbons (Fsp3) is 0.123. The van der Waals surface area contributed by atoms with Gasteiger partial charge in [-0.2, -0.15) is 0 Å². The van der Waals surface area contributed by atoms with Crippen LogP contribution in [0.4, 0.5) is 0 Å². The van der Waals surface area contributed by atoms with Crippen molar-refractivity contribution < 1.29 is 4.42 Å². The van der Waals surface area contributed by atoms with Gasteiger partial charge in [0.1, 0.15) is 11.2 Å². The molecule has 0 amide bonds. The topological polar surface area (TPSA) is 47.6 Å². The second-order valence-corrected chi connectivity index (χ2v) is 41.2. The molecule has 19 aromatic carbocycles. The number of rotatable bonds is 7. The molecule has 668 valence electrons. The molecule has 0 saturated carbocycles. The fourth-order valence-electron chi connectivity index (χ4n) is 21.8. The quantitative estimate of drug-likeness (QED) is 0.157. The first-order valence-corrected chi connectivity index (χ1v) is 48.4. The fourth-order valence-corrected chi connectivity index (χ4v) is 21.8. The van der Waals surface area contributed by atoms with Crippen molar-refractivity contribution in [2.75, 3.05) is 0 Å². The molecule has 0 aliphatic rings. The second-order valence-electron chi connectivity index (χ2n) is 41.2. The zero-order chi connectivity index (χ0) is 93.8. The highest BCUT2D eigenvalue weighted by atomic mass is 16.3. The van der Waals surface area contributed by atoms with Crippen LogP contribution < -0.4 is 0 Å². The van der Waals surface area contributed by atoms with Gasteiger partial charge < -0.3 is 36.4 Å². The summed E-state index contributed by atoms with van der Waals surface area (Å²) in [5.74, 6) is 0. The van der Waals surface area contributed by atoms with Crippen LogP contribution in [0.2, 0.25) is 0 Å². The Balaban J connectivity index is 0.000000100. The Kier molecular flexibility index (Phi) is 20.0. The smallest absolute Gasteiger partial charge is 0.145 e. The van der Waals surface area contributed by atoms with E-state index in [0.717, 1.165) is 16.9 Å². The molecule has 8 heterocycles. The van der Waals surface area contributed by atoms with E-state index in [1.54, 1.807) is 0 Å². The number of nitrogens with zero attached hydrogens (tertiary/aromatic N) is 7. The molecule has 138 heavy (non-hydrogen) atoms. The average Bonchev–Trinajstić information content (AvgIpc) is 1.56. The number of aromatic nitrogens is 7. The van der Waals surface area contributed by atoms with E-state index >= 15 is 0 Å². The highest BCUT2D eigenvalue weighted by molar-refractivity contribution is 6.30. The van der Waals surface area contributed by atoms with Crippen LogP contribution in [0.3, 0.4) is 0 Å². The van der Waals surface area contributed by atoms with E-state index in [2.05, 4.69) is 540 Å². The van der Waals surface area contributed by atoms with Crippen molar-refractivity contribution in [3.05, 3.63) is 453 Å². The number of hydrogen-bond donors (Lipinski definition) is 0. The molecule has 0 bridgehead atoms. The summed E-state index contributed by atoms with van der Waals surface area (Å²) in [4.78, 5) is 0. The molecule has 0 spiro atoms. The van der Waals surface area contributed by atoms with Crippen molar-refractivity contribution >= 4 is 175 Å². The predicted octanol–water partition coefficient (Wildman–Crippen LogP) is 35.5. The molecule has 0 fully saturated rings. The molecular weight excluding hydrogens is 1680 g/mol. The summed E-state index contributed by atoms with van der Waals surface area (Å²) >= 11 is 0. The summed E-state index contributed by atoms with van der Waals surface area (Å²) < 4.78 is 23.4. The third kappa shape index (κ3) is 13.9.